The van der Waals surface area contributed by atoms with E-state index in [4.69, 9.17) is 4.74 Å². The maximum absolute atomic E-state index is 12.3. The van der Waals surface area contributed by atoms with Crippen molar-refractivity contribution < 1.29 is 9.53 Å². The third-order valence-corrected chi connectivity index (χ3v) is 3.63. The van der Waals surface area contributed by atoms with Crippen LogP contribution in [0, 0.1) is 13.8 Å². The molecule has 7 heteroatoms. The number of amides is 1. The van der Waals surface area contributed by atoms with Gasteiger partial charge in [-0.25, -0.2) is 15.0 Å². The van der Waals surface area contributed by atoms with Crippen LogP contribution in [0.5, 0.6) is 6.01 Å². The molecule has 1 fully saturated rings. The smallest absolute Gasteiger partial charge is 0.317 e. The van der Waals surface area contributed by atoms with Gasteiger partial charge in [-0.3, -0.25) is 4.79 Å². The number of H-pyrrole nitrogens is 1. The predicted molar refractivity (Wildman–Crippen MR) is 79.6 cm³/mol. The Balaban J connectivity index is 1.66. The molecule has 1 amide bonds. The summed E-state index contributed by atoms with van der Waals surface area (Å²) in [5.74, 6) is -0.0489. The van der Waals surface area contributed by atoms with Crippen molar-refractivity contribution in [3.05, 3.63) is 35.7 Å². The molecule has 2 aromatic heterocycles. The summed E-state index contributed by atoms with van der Waals surface area (Å²) in [6.07, 6.45) is 4.76. The number of aromatic amines is 1. The van der Waals surface area contributed by atoms with Gasteiger partial charge in [0, 0.05) is 17.9 Å². The van der Waals surface area contributed by atoms with Gasteiger partial charge in [-0.1, -0.05) is 0 Å². The Bertz CT molecular complexity index is 636. The number of imidazole rings is 1. The minimum Gasteiger partial charge on any atom is -0.458 e. The van der Waals surface area contributed by atoms with Crippen LogP contribution < -0.4 is 4.74 Å². The van der Waals surface area contributed by atoms with Gasteiger partial charge < -0.3 is 14.6 Å². The molecule has 0 bridgehead atoms. The number of piperidine rings is 1. The number of nitrogens with zero attached hydrogens (tertiary/aromatic N) is 4. The highest BCUT2D eigenvalue weighted by molar-refractivity contribution is 5.92. The van der Waals surface area contributed by atoms with Gasteiger partial charge in [-0.15, -0.1) is 0 Å². The van der Waals surface area contributed by atoms with E-state index >= 15 is 0 Å². The number of hydrogen-bond acceptors (Lipinski definition) is 5. The first kappa shape index (κ1) is 14.5. The molecule has 0 aliphatic carbocycles. The summed E-state index contributed by atoms with van der Waals surface area (Å²) in [5, 5.41) is 0. The Morgan fingerprint density at radius 2 is 2.14 bits per heavy atom. The molecular weight excluding hydrogens is 282 g/mol. The third-order valence-electron chi connectivity index (χ3n) is 3.63. The lowest BCUT2D eigenvalue weighted by molar-refractivity contribution is 0.0510. The number of aromatic nitrogens is 4. The summed E-state index contributed by atoms with van der Waals surface area (Å²) in [5.41, 5.74) is 2.26. The molecule has 116 valence electrons. The average molecular weight is 301 g/mol. The van der Waals surface area contributed by atoms with Gasteiger partial charge in [0.15, 0.2) is 0 Å². The van der Waals surface area contributed by atoms with Crippen molar-refractivity contribution in [1.29, 1.82) is 0 Å². The number of carbonyl (C=O) groups is 1. The van der Waals surface area contributed by atoms with E-state index in [-0.39, 0.29) is 12.0 Å². The van der Waals surface area contributed by atoms with Crippen molar-refractivity contribution in [2.75, 3.05) is 13.1 Å². The lowest BCUT2D eigenvalue weighted by Crippen LogP contribution is -2.44. The van der Waals surface area contributed by atoms with Crippen molar-refractivity contribution in [2.45, 2.75) is 32.8 Å². The second-order valence-corrected chi connectivity index (χ2v) is 5.53. The topological polar surface area (TPSA) is 84.0 Å². The van der Waals surface area contributed by atoms with Crippen LogP contribution in [0.15, 0.2) is 18.6 Å². The highest BCUT2D eigenvalue weighted by Crippen LogP contribution is 2.17. The summed E-state index contributed by atoms with van der Waals surface area (Å²) in [6, 6.07) is 2.29. The molecular formula is C15H19N5O2. The molecule has 22 heavy (non-hydrogen) atoms. The molecule has 7 nitrogen and oxygen atoms in total. The van der Waals surface area contributed by atoms with Crippen molar-refractivity contribution in [3.8, 4) is 6.01 Å². The van der Waals surface area contributed by atoms with Crippen LogP contribution >= 0.6 is 0 Å². The largest absolute Gasteiger partial charge is 0.458 e. The zero-order valence-corrected chi connectivity index (χ0v) is 12.7. The number of likely N-dealkylation sites (tertiary alicyclic amines) is 1. The number of ether oxygens (including phenoxy) is 1. The molecule has 0 saturated carbocycles. The van der Waals surface area contributed by atoms with E-state index in [0.29, 0.717) is 18.2 Å². The van der Waals surface area contributed by atoms with Gasteiger partial charge in [0.1, 0.15) is 11.8 Å². The lowest BCUT2D eigenvalue weighted by Gasteiger charge is -2.32. The monoisotopic (exact) mass is 301 g/mol. The second kappa shape index (κ2) is 6.13. The van der Waals surface area contributed by atoms with Crippen LogP contribution in [0.25, 0.3) is 0 Å². The van der Waals surface area contributed by atoms with Crippen molar-refractivity contribution >= 4 is 5.91 Å². The highest BCUT2D eigenvalue weighted by atomic mass is 16.5. The molecule has 2 aromatic rings. The predicted octanol–water partition coefficient (Wildman–Crippen LogP) is 1.50. The highest BCUT2D eigenvalue weighted by Gasteiger charge is 2.26. The first-order chi connectivity index (χ1) is 10.6. The molecule has 1 unspecified atom stereocenters. The van der Waals surface area contributed by atoms with Crippen LogP contribution in [-0.2, 0) is 0 Å². The number of hydrogen-bond donors (Lipinski definition) is 1. The van der Waals surface area contributed by atoms with Crippen LogP contribution in [-0.4, -0.2) is 49.9 Å². The molecule has 1 aliphatic rings. The van der Waals surface area contributed by atoms with Gasteiger partial charge in [0.2, 0.25) is 0 Å². The van der Waals surface area contributed by atoms with Crippen molar-refractivity contribution in [2.24, 2.45) is 0 Å². The van der Waals surface area contributed by atoms with Crippen LogP contribution in [0.1, 0.15) is 34.7 Å². The Morgan fingerprint density at radius 1 is 1.36 bits per heavy atom. The Kier molecular flexibility index (Phi) is 4.04. The first-order valence-electron chi connectivity index (χ1n) is 7.38. The SMILES string of the molecule is Cc1cc(C)nc(OC2CCCN(C(=O)c3cnc[nH]3)C2)n1. The van der Waals surface area contributed by atoms with E-state index in [1.165, 1.54) is 6.33 Å². The molecule has 1 saturated heterocycles. The minimum atomic E-state index is -0.0816. The van der Waals surface area contributed by atoms with Gasteiger partial charge in [-0.2, -0.15) is 0 Å². The van der Waals surface area contributed by atoms with Crippen LogP contribution in [0.4, 0.5) is 0 Å². The Hall–Kier alpha value is -2.44. The fourth-order valence-electron chi connectivity index (χ4n) is 2.66. The lowest BCUT2D eigenvalue weighted by atomic mass is 10.1. The molecule has 1 N–H and O–H groups in total. The molecule has 1 aliphatic heterocycles. The van der Waals surface area contributed by atoms with Gasteiger partial charge in [0.05, 0.1) is 19.1 Å². The summed E-state index contributed by atoms with van der Waals surface area (Å²) in [7, 11) is 0. The average Bonchev–Trinajstić information content (AvgIpc) is 3.00. The second-order valence-electron chi connectivity index (χ2n) is 5.53. The molecule has 0 radical (unpaired) electrons. The van der Waals surface area contributed by atoms with Crippen molar-refractivity contribution in [1.82, 2.24) is 24.8 Å². The van der Waals surface area contributed by atoms with Crippen LogP contribution in [0.2, 0.25) is 0 Å². The van der Waals surface area contributed by atoms with E-state index in [1.807, 2.05) is 19.9 Å². The summed E-state index contributed by atoms with van der Waals surface area (Å²) >= 11 is 0. The van der Waals surface area contributed by atoms with E-state index < -0.39 is 0 Å². The molecule has 3 heterocycles. The Labute approximate surface area is 128 Å². The standard InChI is InChI=1S/C15H19N5O2/c1-10-6-11(2)19-15(18-10)22-12-4-3-5-20(8-12)14(21)13-7-16-9-17-13/h6-7,9,12H,3-5,8H2,1-2H3,(H,16,17). The fourth-order valence-corrected chi connectivity index (χ4v) is 2.66. The molecule has 3 rings (SSSR count). The summed E-state index contributed by atoms with van der Waals surface area (Å²) < 4.78 is 5.87. The molecule has 0 aromatic carbocycles. The number of carbonyl (C=O) groups excluding carboxylic acids is 1. The molecule has 0 spiro atoms. The fraction of sp³-hybridized carbons (Fsp3) is 0.467. The number of nitrogens with one attached hydrogen (secondary N) is 1. The van der Waals surface area contributed by atoms with E-state index in [0.717, 1.165) is 30.8 Å². The summed E-state index contributed by atoms with van der Waals surface area (Å²) in [4.78, 5) is 29.4. The third kappa shape index (κ3) is 3.24. The van der Waals surface area contributed by atoms with E-state index in [2.05, 4.69) is 19.9 Å². The maximum atomic E-state index is 12.3. The Morgan fingerprint density at radius 3 is 2.82 bits per heavy atom. The molecule has 1 atom stereocenters. The zero-order chi connectivity index (χ0) is 15.5. The maximum Gasteiger partial charge on any atom is 0.317 e. The first-order valence-corrected chi connectivity index (χ1v) is 7.38. The normalized spacial score (nSPS) is 18.3. The quantitative estimate of drug-likeness (QED) is 0.928. The van der Waals surface area contributed by atoms with E-state index in [9.17, 15) is 4.79 Å². The van der Waals surface area contributed by atoms with Crippen LogP contribution in [0.3, 0.4) is 0 Å². The zero-order valence-electron chi connectivity index (χ0n) is 12.7. The van der Waals surface area contributed by atoms with E-state index in [1.54, 1.807) is 11.1 Å². The summed E-state index contributed by atoms with van der Waals surface area (Å²) in [6.45, 7) is 5.09. The van der Waals surface area contributed by atoms with Gasteiger partial charge in [0.25, 0.3) is 5.91 Å². The van der Waals surface area contributed by atoms with Gasteiger partial charge in [-0.05, 0) is 32.8 Å². The van der Waals surface area contributed by atoms with Crippen molar-refractivity contribution in [3.63, 3.8) is 0 Å². The number of rotatable bonds is 3. The van der Waals surface area contributed by atoms with Gasteiger partial charge >= 0.3 is 6.01 Å². The minimum absolute atomic E-state index is 0.0489. The number of aryl methyl sites for hydroxylation is 2.